The Bertz CT molecular complexity index is 443. The minimum atomic E-state index is -0.960. The van der Waals surface area contributed by atoms with Crippen molar-refractivity contribution in [2.24, 2.45) is 5.73 Å². The first kappa shape index (κ1) is 15.0. The Morgan fingerprint density at radius 2 is 1.89 bits per heavy atom. The number of nitrogens with one attached hydrogen (secondary N) is 1. The van der Waals surface area contributed by atoms with Crippen LogP contribution in [-0.4, -0.2) is 37.1 Å². The number of rotatable bonds is 6. The first-order valence-corrected chi connectivity index (χ1v) is 5.96. The lowest BCUT2D eigenvalue weighted by molar-refractivity contribution is -0.137. The van der Waals surface area contributed by atoms with Crippen LogP contribution in [0.25, 0.3) is 0 Å². The maximum Gasteiger partial charge on any atom is 0.303 e. The summed E-state index contributed by atoms with van der Waals surface area (Å²) in [5, 5.41) is 11.2. The number of carboxylic acid groups (broad SMARTS) is 1. The molecular formula is C13H19N3O3. The van der Waals surface area contributed by atoms with E-state index in [1.165, 1.54) is 0 Å². The summed E-state index contributed by atoms with van der Waals surface area (Å²) in [5.74, 6) is -1.34. The lowest BCUT2D eigenvalue weighted by atomic mass is 10.1. The van der Waals surface area contributed by atoms with Gasteiger partial charge in [0.2, 0.25) is 5.91 Å². The molecule has 6 heteroatoms. The summed E-state index contributed by atoms with van der Waals surface area (Å²) in [6.07, 6.45) is 0.00506. The van der Waals surface area contributed by atoms with Crippen LogP contribution in [0, 0.1) is 0 Å². The highest BCUT2D eigenvalue weighted by atomic mass is 16.4. The van der Waals surface area contributed by atoms with Crippen LogP contribution < -0.4 is 16.0 Å². The van der Waals surface area contributed by atoms with Crippen LogP contribution in [0.1, 0.15) is 12.8 Å². The van der Waals surface area contributed by atoms with E-state index < -0.39 is 12.0 Å². The number of nitrogens with two attached hydrogens (primary N) is 1. The molecule has 0 saturated heterocycles. The van der Waals surface area contributed by atoms with Crippen LogP contribution in [0.15, 0.2) is 24.3 Å². The molecular weight excluding hydrogens is 246 g/mol. The van der Waals surface area contributed by atoms with E-state index in [0.717, 1.165) is 5.69 Å². The fourth-order valence-electron chi connectivity index (χ4n) is 1.49. The van der Waals surface area contributed by atoms with Gasteiger partial charge in [-0.3, -0.25) is 9.59 Å². The first-order valence-electron chi connectivity index (χ1n) is 5.96. The molecule has 0 fully saturated rings. The third-order valence-electron chi connectivity index (χ3n) is 2.66. The Morgan fingerprint density at radius 3 is 2.37 bits per heavy atom. The van der Waals surface area contributed by atoms with Gasteiger partial charge in [0.1, 0.15) is 0 Å². The van der Waals surface area contributed by atoms with E-state index in [9.17, 15) is 9.59 Å². The van der Waals surface area contributed by atoms with Gasteiger partial charge in [-0.05, 0) is 30.7 Å². The molecule has 0 bridgehead atoms. The topological polar surface area (TPSA) is 95.7 Å². The van der Waals surface area contributed by atoms with E-state index in [1.54, 1.807) is 12.1 Å². The second kappa shape index (κ2) is 6.75. The number of hydrogen-bond donors (Lipinski definition) is 3. The zero-order valence-corrected chi connectivity index (χ0v) is 11.1. The molecule has 19 heavy (non-hydrogen) atoms. The predicted molar refractivity (Wildman–Crippen MR) is 74.2 cm³/mol. The molecule has 1 aromatic carbocycles. The number of aliphatic carboxylic acids is 1. The van der Waals surface area contributed by atoms with Gasteiger partial charge in [0, 0.05) is 31.9 Å². The molecule has 0 radical (unpaired) electrons. The lowest BCUT2D eigenvalue weighted by Gasteiger charge is -2.14. The van der Waals surface area contributed by atoms with E-state index in [2.05, 4.69) is 5.32 Å². The van der Waals surface area contributed by atoms with Crippen LogP contribution in [0.5, 0.6) is 0 Å². The van der Waals surface area contributed by atoms with Crippen molar-refractivity contribution in [1.82, 2.24) is 0 Å². The van der Waals surface area contributed by atoms with Crippen molar-refractivity contribution in [2.75, 3.05) is 24.3 Å². The minimum absolute atomic E-state index is 0.117. The van der Waals surface area contributed by atoms with E-state index in [4.69, 9.17) is 10.8 Å². The third-order valence-corrected chi connectivity index (χ3v) is 2.66. The summed E-state index contributed by atoms with van der Waals surface area (Å²) in [5.41, 5.74) is 7.27. The number of nitrogens with zero attached hydrogens (tertiary/aromatic N) is 1. The van der Waals surface area contributed by atoms with Crippen molar-refractivity contribution in [3.8, 4) is 0 Å². The number of amides is 1. The molecule has 1 unspecified atom stereocenters. The van der Waals surface area contributed by atoms with Crippen LogP contribution in [0.2, 0.25) is 0 Å². The molecule has 4 N–H and O–H groups in total. The smallest absolute Gasteiger partial charge is 0.303 e. The lowest BCUT2D eigenvalue weighted by Crippen LogP contribution is -2.36. The molecule has 0 saturated carbocycles. The Balaban J connectivity index is 2.54. The van der Waals surface area contributed by atoms with Gasteiger partial charge >= 0.3 is 5.97 Å². The average molecular weight is 265 g/mol. The van der Waals surface area contributed by atoms with Crippen LogP contribution in [0.4, 0.5) is 11.4 Å². The van der Waals surface area contributed by atoms with Crippen molar-refractivity contribution in [3.05, 3.63) is 24.3 Å². The molecule has 0 aromatic heterocycles. The fourth-order valence-corrected chi connectivity index (χ4v) is 1.49. The van der Waals surface area contributed by atoms with Gasteiger partial charge in [0.25, 0.3) is 0 Å². The summed E-state index contributed by atoms with van der Waals surface area (Å²) in [6, 6.07) is 6.48. The highest BCUT2D eigenvalue weighted by Gasteiger charge is 2.14. The zero-order valence-electron chi connectivity index (χ0n) is 11.1. The monoisotopic (exact) mass is 265 g/mol. The number of benzene rings is 1. The van der Waals surface area contributed by atoms with Crippen LogP contribution in [-0.2, 0) is 9.59 Å². The highest BCUT2D eigenvalue weighted by molar-refractivity contribution is 5.95. The largest absolute Gasteiger partial charge is 0.481 e. The van der Waals surface area contributed by atoms with Crippen molar-refractivity contribution < 1.29 is 14.7 Å². The van der Waals surface area contributed by atoms with E-state index >= 15 is 0 Å². The quantitative estimate of drug-likeness (QED) is 0.709. The molecule has 6 nitrogen and oxygen atoms in total. The van der Waals surface area contributed by atoms with E-state index in [0.29, 0.717) is 5.69 Å². The molecule has 0 spiro atoms. The van der Waals surface area contributed by atoms with Gasteiger partial charge in [0.05, 0.1) is 6.04 Å². The molecule has 1 atom stereocenters. The molecule has 0 aliphatic heterocycles. The number of hydrogen-bond acceptors (Lipinski definition) is 4. The second-order valence-electron chi connectivity index (χ2n) is 4.47. The summed E-state index contributed by atoms with van der Waals surface area (Å²) in [6.45, 7) is 0. The van der Waals surface area contributed by atoms with E-state index in [1.807, 2.05) is 31.1 Å². The predicted octanol–water partition coefficient (Wildman–Crippen LogP) is 0.883. The Morgan fingerprint density at radius 1 is 1.32 bits per heavy atom. The van der Waals surface area contributed by atoms with E-state index in [-0.39, 0.29) is 18.7 Å². The SMILES string of the molecule is CN(C)c1ccc(NC(=O)C(N)CCC(=O)O)cc1. The Labute approximate surface area is 112 Å². The first-order chi connectivity index (χ1) is 8.90. The van der Waals surface area contributed by atoms with Crippen molar-refractivity contribution in [1.29, 1.82) is 0 Å². The van der Waals surface area contributed by atoms with Gasteiger partial charge < -0.3 is 21.1 Å². The maximum absolute atomic E-state index is 11.7. The van der Waals surface area contributed by atoms with Crippen LogP contribution in [0.3, 0.4) is 0 Å². The standard InChI is InChI=1S/C13H19N3O3/c1-16(2)10-5-3-9(4-6-10)15-13(19)11(14)7-8-12(17)18/h3-6,11H,7-8,14H2,1-2H3,(H,15,19)(H,17,18). The van der Waals surface area contributed by atoms with Gasteiger partial charge in [-0.25, -0.2) is 0 Å². The van der Waals surface area contributed by atoms with Gasteiger partial charge in [-0.15, -0.1) is 0 Å². The molecule has 0 heterocycles. The maximum atomic E-state index is 11.7. The Kier molecular flexibility index (Phi) is 5.32. The number of carboxylic acids is 1. The number of carbonyl (C=O) groups is 2. The van der Waals surface area contributed by atoms with Crippen molar-refractivity contribution in [2.45, 2.75) is 18.9 Å². The summed E-state index contributed by atoms with van der Waals surface area (Å²) >= 11 is 0. The highest BCUT2D eigenvalue weighted by Crippen LogP contribution is 2.15. The minimum Gasteiger partial charge on any atom is -0.481 e. The molecule has 1 amide bonds. The molecule has 1 aromatic rings. The normalized spacial score (nSPS) is 11.7. The number of anilines is 2. The summed E-state index contributed by atoms with van der Waals surface area (Å²) < 4.78 is 0. The second-order valence-corrected chi connectivity index (χ2v) is 4.47. The fraction of sp³-hybridized carbons (Fsp3) is 0.385. The molecule has 1 rings (SSSR count). The molecule has 0 aliphatic rings. The van der Waals surface area contributed by atoms with Gasteiger partial charge in [-0.1, -0.05) is 0 Å². The summed E-state index contributed by atoms with van der Waals surface area (Å²) in [7, 11) is 3.85. The van der Waals surface area contributed by atoms with Crippen molar-refractivity contribution >= 4 is 23.3 Å². The Hall–Kier alpha value is -2.08. The average Bonchev–Trinajstić information content (AvgIpc) is 2.36. The van der Waals surface area contributed by atoms with Gasteiger partial charge in [0.15, 0.2) is 0 Å². The van der Waals surface area contributed by atoms with Gasteiger partial charge in [-0.2, -0.15) is 0 Å². The molecule has 104 valence electrons. The zero-order chi connectivity index (χ0) is 14.4. The van der Waals surface area contributed by atoms with Crippen LogP contribution >= 0.6 is 0 Å². The van der Waals surface area contributed by atoms with Crippen molar-refractivity contribution in [3.63, 3.8) is 0 Å². The molecule has 0 aliphatic carbocycles. The third kappa shape index (κ3) is 4.97. The number of carbonyl (C=O) groups excluding carboxylic acids is 1. The summed E-state index contributed by atoms with van der Waals surface area (Å²) in [4.78, 5) is 24.0.